The van der Waals surface area contributed by atoms with Crippen molar-refractivity contribution in [3.05, 3.63) is 90.4 Å². The third kappa shape index (κ3) is 3.17. The van der Waals surface area contributed by atoms with Crippen LogP contribution in [0.15, 0.2) is 73.1 Å². The Morgan fingerprint density at radius 3 is 2.46 bits per heavy atom. The van der Waals surface area contributed by atoms with E-state index in [0.29, 0.717) is 11.3 Å². The van der Waals surface area contributed by atoms with Gasteiger partial charge in [-0.05, 0) is 59.7 Å². The second-order valence-corrected chi connectivity index (χ2v) is 5.78. The van der Waals surface area contributed by atoms with Gasteiger partial charge in [0.25, 0.3) is 5.91 Å². The quantitative estimate of drug-likeness (QED) is 0.591. The summed E-state index contributed by atoms with van der Waals surface area (Å²) in [5.74, 6) is -1.08. The van der Waals surface area contributed by atoms with E-state index >= 15 is 0 Å². The molecule has 0 fully saturated rings. The molecule has 0 radical (unpaired) electrons. The first kappa shape index (κ1) is 16.0. The number of halogens is 2. The first-order chi connectivity index (χ1) is 12.6. The summed E-state index contributed by atoms with van der Waals surface area (Å²) >= 11 is 0. The Balaban J connectivity index is 1.63. The van der Waals surface area contributed by atoms with E-state index in [4.69, 9.17) is 0 Å². The maximum atomic E-state index is 13.4. The number of benzene rings is 2. The van der Waals surface area contributed by atoms with Crippen molar-refractivity contribution in [2.24, 2.45) is 0 Å². The van der Waals surface area contributed by atoms with Crippen molar-refractivity contribution in [3.8, 4) is 11.1 Å². The molecule has 2 heterocycles. The summed E-state index contributed by atoms with van der Waals surface area (Å²) in [6, 6.07) is 15.4. The summed E-state index contributed by atoms with van der Waals surface area (Å²) in [6.07, 6.45) is 3.38. The molecule has 1 N–H and O–H groups in total. The number of amides is 1. The number of carbonyl (C=O) groups excluding carboxylic acids is 1. The topological polar surface area (TPSA) is 46.4 Å². The van der Waals surface area contributed by atoms with Crippen molar-refractivity contribution in [2.45, 2.75) is 0 Å². The van der Waals surface area contributed by atoms with Crippen LogP contribution >= 0.6 is 0 Å². The fourth-order valence-corrected chi connectivity index (χ4v) is 2.67. The molecule has 0 saturated carbocycles. The van der Waals surface area contributed by atoms with Gasteiger partial charge >= 0.3 is 0 Å². The minimum atomic E-state index is -0.396. The predicted molar refractivity (Wildman–Crippen MR) is 94.9 cm³/mol. The van der Waals surface area contributed by atoms with E-state index < -0.39 is 5.91 Å². The fraction of sp³-hybridized carbons (Fsp3) is 0. The molecule has 0 bridgehead atoms. The van der Waals surface area contributed by atoms with E-state index in [1.54, 1.807) is 28.9 Å². The normalized spacial score (nSPS) is 10.8. The van der Waals surface area contributed by atoms with Crippen LogP contribution in [0.4, 0.5) is 14.5 Å². The van der Waals surface area contributed by atoms with Gasteiger partial charge in [0.2, 0.25) is 0 Å². The molecule has 0 atom stereocenters. The van der Waals surface area contributed by atoms with Crippen LogP contribution in [0.25, 0.3) is 16.8 Å². The molecule has 0 aliphatic carbocycles. The third-order valence-corrected chi connectivity index (χ3v) is 3.94. The summed E-state index contributed by atoms with van der Waals surface area (Å²) in [5.41, 5.74) is 2.84. The Morgan fingerprint density at radius 2 is 1.69 bits per heavy atom. The van der Waals surface area contributed by atoms with Crippen LogP contribution in [-0.4, -0.2) is 15.3 Å². The van der Waals surface area contributed by atoms with Crippen LogP contribution in [0.5, 0.6) is 0 Å². The maximum Gasteiger partial charge on any atom is 0.275 e. The molecule has 0 aliphatic heterocycles. The lowest BCUT2D eigenvalue weighted by Crippen LogP contribution is -2.12. The van der Waals surface area contributed by atoms with E-state index in [2.05, 4.69) is 10.3 Å². The van der Waals surface area contributed by atoms with Crippen molar-refractivity contribution < 1.29 is 13.6 Å². The largest absolute Gasteiger partial charge is 0.321 e. The van der Waals surface area contributed by atoms with Gasteiger partial charge in [0.05, 0.1) is 0 Å². The van der Waals surface area contributed by atoms with Gasteiger partial charge in [-0.2, -0.15) is 0 Å². The molecule has 0 spiro atoms. The number of hydrogen-bond donors (Lipinski definition) is 1. The lowest BCUT2D eigenvalue weighted by molar-refractivity contribution is 0.102. The average molecular weight is 349 g/mol. The van der Waals surface area contributed by atoms with E-state index in [1.165, 1.54) is 36.4 Å². The van der Waals surface area contributed by atoms with Gasteiger partial charge in [0.15, 0.2) is 0 Å². The SMILES string of the molecule is O=C(Nc1ccc(F)cc1)c1cn2cc(-c3cccc(F)c3)ccc2n1. The minimum Gasteiger partial charge on any atom is -0.321 e. The molecule has 0 aliphatic rings. The molecule has 0 unspecified atom stereocenters. The Labute approximate surface area is 147 Å². The molecule has 4 rings (SSSR count). The summed E-state index contributed by atoms with van der Waals surface area (Å²) < 4.78 is 28.1. The zero-order valence-electron chi connectivity index (χ0n) is 13.5. The van der Waals surface area contributed by atoms with E-state index in [0.717, 1.165) is 11.1 Å². The summed E-state index contributed by atoms with van der Waals surface area (Å²) in [7, 11) is 0. The maximum absolute atomic E-state index is 13.4. The van der Waals surface area contributed by atoms with Crippen molar-refractivity contribution >= 4 is 17.2 Å². The molecule has 128 valence electrons. The van der Waals surface area contributed by atoms with Crippen LogP contribution in [0.1, 0.15) is 10.5 Å². The smallest absolute Gasteiger partial charge is 0.275 e. The van der Waals surface area contributed by atoms with Crippen LogP contribution in [0.2, 0.25) is 0 Å². The van der Waals surface area contributed by atoms with Gasteiger partial charge in [-0.25, -0.2) is 13.8 Å². The Hall–Kier alpha value is -3.54. The molecule has 0 saturated heterocycles. The highest BCUT2D eigenvalue weighted by atomic mass is 19.1. The van der Waals surface area contributed by atoms with E-state index in [1.807, 2.05) is 12.1 Å². The first-order valence-corrected chi connectivity index (χ1v) is 7.90. The van der Waals surface area contributed by atoms with Gasteiger partial charge < -0.3 is 9.72 Å². The number of imidazole rings is 1. The lowest BCUT2D eigenvalue weighted by Gasteiger charge is -2.02. The zero-order valence-corrected chi connectivity index (χ0v) is 13.5. The number of aromatic nitrogens is 2. The molecule has 4 nitrogen and oxygen atoms in total. The average Bonchev–Trinajstić information content (AvgIpc) is 3.07. The third-order valence-electron chi connectivity index (χ3n) is 3.94. The minimum absolute atomic E-state index is 0.228. The summed E-state index contributed by atoms with van der Waals surface area (Å²) in [6.45, 7) is 0. The Bertz CT molecular complexity index is 1100. The predicted octanol–water partition coefficient (Wildman–Crippen LogP) is 4.53. The van der Waals surface area contributed by atoms with E-state index in [9.17, 15) is 13.6 Å². The molecule has 1 amide bonds. The number of rotatable bonds is 3. The molecular weight excluding hydrogens is 336 g/mol. The summed E-state index contributed by atoms with van der Waals surface area (Å²) in [5, 5.41) is 2.67. The number of carbonyl (C=O) groups is 1. The van der Waals surface area contributed by atoms with Crippen LogP contribution in [0, 0.1) is 11.6 Å². The highest BCUT2D eigenvalue weighted by Crippen LogP contribution is 2.21. The van der Waals surface area contributed by atoms with Crippen LogP contribution in [0.3, 0.4) is 0 Å². The van der Waals surface area contributed by atoms with Crippen molar-refractivity contribution in [1.29, 1.82) is 0 Å². The van der Waals surface area contributed by atoms with Gasteiger partial charge in [0, 0.05) is 18.1 Å². The van der Waals surface area contributed by atoms with Crippen molar-refractivity contribution in [3.63, 3.8) is 0 Å². The number of fused-ring (bicyclic) bond motifs is 1. The van der Waals surface area contributed by atoms with Crippen molar-refractivity contribution in [2.75, 3.05) is 5.32 Å². The van der Waals surface area contributed by atoms with Gasteiger partial charge in [0.1, 0.15) is 23.0 Å². The molecule has 26 heavy (non-hydrogen) atoms. The van der Waals surface area contributed by atoms with Gasteiger partial charge in [-0.3, -0.25) is 4.79 Å². The first-order valence-electron chi connectivity index (χ1n) is 7.90. The van der Waals surface area contributed by atoms with Crippen molar-refractivity contribution in [1.82, 2.24) is 9.38 Å². The Morgan fingerprint density at radius 1 is 0.885 bits per heavy atom. The molecule has 6 heteroatoms. The molecule has 4 aromatic rings. The fourth-order valence-electron chi connectivity index (χ4n) is 2.67. The Kier molecular flexibility index (Phi) is 3.93. The monoisotopic (exact) mass is 349 g/mol. The highest BCUT2D eigenvalue weighted by molar-refractivity contribution is 6.03. The second-order valence-electron chi connectivity index (χ2n) is 5.78. The van der Waals surface area contributed by atoms with Crippen LogP contribution < -0.4 is 5.32 Å². The number of pyridine rings is 1. The van der Waals surface area contributed by atoms with Gasteiger partial charge in [-0.1, -0.05) is 12.1 Å². The number of hydrogen-bond acceptors (Lipinski definition) is 2. The number of nitrogens with zero attached hydrogens (tertiary/aromatic N) is 2. The highest BCUT2D eigenvalue weighted by Gasteiger charge is 2.12. The number of anilines is 1. The lowest BCUT2D eigenvalue weighted by atomic mass is 10.1. The standard InChI is InChI=1S/C20H13F2N3O/c21-15-5-7-17(8-6-15)23-20(26)18-12-25-11-14(4-9-19(25)24-18)13-2-1-3-16(22)10-13/h1-12H,(H,23,26). The van der Waals surface area contributed by atoms with E-state index in [-0.39, 0.29) is 17.3 Å². The van der Waals surface area contributed by atoms with Gasteiger partial charge in [-0.15, -0.1) is 0 Å². The molecular formula is C20H13F2N3O. The van der Waals surface area contributed by atoms with Crippen LogP contribution in [-0.2, 0) is 0 Å². The number of nitrogens with one attached hydrogen (secondary N) is 1. The molecule has 2 aromatic heterocycles. The second kappa shape index (κ2) is 6.40. The molecule has 2 aromatic carbocycles. The zero-order chi connectivity index (χ0) is 18.1. The summed E-state index contributed by atoms with van der Waals surface area (Å²) in [4.78, 5) is 16.6.